The number of aliphatic hydroxyl groups is 1. The number of hydrogen-bond acceptors (Lipinski definition) is 3. The third kappa shape index (κ3) is 3.39. The zero-order chi connectivity index (χ0) is 21.2. The lowest BCUT2D eigenvalue weighted by molar-refractivity contribution is 0.278. The molecule has 0 aliphatic carbocycles. The number of imidazole rings is 2. The van der Waals surface area contributed by atoms with Crippen molar-refractivity contribution in [1.29, 1.82) is 0 Å². The number of rotatable bonds is 6. The molecule has 0 saturated heterocycles. The van der Waals surface area contributed by atoms with Crippen LogP contribution in [0.5, 0.6) is 5.75 Å². The molecular weight excluding hydrogens is 386 g/mol. The fourth-order valence-corrected chi connectivity index (χ4v) is 4.02. The van der Waals surface area contributed by atoms with E-state index in [1.807, 2.05) is 60.7 Å². The van der Waals surface area contributed by atoms with Crippen LogP contribution >= 0.6 is 0 Å². The van der Waals surface area contributed by atoms with Crippen molar-refractivity contribution in [3.63, 3.8) is 0 Å². The van der Waals surface area contributed by atoms with Gasteiger partial charge in [0, 0.05) is 29.4 Å². The highest BCUT2D eigenvalue weighted by molar-refractivity contribution is 5.82. The van der Waals surface area contributed by atoms with Gasteiger partial charge in [-0.25, -0.2) is 4.98 Å². The van der Waals surface area contributed by atoms with E-state index in [-0.39, 0.29) is 6.61 Å². The minimum Gasteiger partial charge on any atom is -0.497 e. The van der Waals surface area contributed by atoms with Crippen molar-refractivity contribution in [3.8, 4) is 39.5 Å². The second-order valence-electron chi connectivity index (χ2n) is 7.33. The normalized spacial score (nSPS) is 11.2. The van der Waals surface area contributed by atoms with Gasteiger partial charge in [0.2, 0.25) is 5.78 Å². The number of methoxy groups -OCH3 is 1. The Labute approximate surface area is 180 Å². The lowest BCUT2D eigenvalue weighted by Crippen LogP contribution is -2.04. The van der Waals surface area contributed by atoms with E-state index >= 15 is 0 Å². The molecule has 0 atom stereocenters. The summed E-state index contributed by atoms with van der Waals surface area (Å²) in [4.78, 5) is 5.05. The molecule has 5 aromatic rings. The van der Waals surface area contributed by atoms with Crippen LogP contribution in [0.25, 0.3) is 39.5 Å². The van der Waals surface area contributed by atoms with Crippen molar-refractivity contribution in [2.45, 2.75) is 6.54 Å². The number of benzene rings is 3. The monoisotopic (exact) mass is 409 g/mol. The minimum atomic E-state index is 0.0295. The zero-order valence-corrected chi connectivity index (χ0v) is 17.3. The predicted octanol–water partition coefficient (Wildman–Crippen LogP) is 5.14. The molecule has 154 valence electrons. The van der Waals surface area contributed by atoms with Gasteiger partial charge >= 0.3 is 0 Å². The number of aromatic nitrogens is 3. The summed E-state index contributed by atoms with van der Waals surface area (Å²) in [5.41, 5.74) is 6.15. The van der Waals surface area contributed by atoms with Crippen molar-refractivity contribution in [1.82, 2.24) is 14.0 Å². The molecule has 2 aromatic heterocycles. The first kappa shape index (κ1) is 19.2. The van der Waals surface area contributed by atoms with Crippen molar-refractivity contribution < 1.29 is 9.84 Å². The SMILES string of the molecule is COc1ccc(-c2cn3c(-c4ccccc4)c(-c4ccccc4)nc3n2CCO)cc1. The summed E-state index contributed by atoms with van der Waals surface area (Å²) >= 11 is 0. The van der Waals surface area contributed by atoms with Gasteiger partial charge in [-0.05, 0) is 24.3 Å². The average Bonchev–Trinajstić information content (AvgIpc) is 3.37. The molecule has 5 rings (SSSR count). The zero-order valence-electron chi connectivity index (χ0n) is 17.3. The number of aliphatic hydroxyl groups excluding tert-OH is 1. The van der Waals surface area contributed by atoms with Gasteiger partial charge in [-0.15, -0.1) is 0 Å². The molecule has 0 fully saturated rings. The maximum Gasteiger partial charge on any atom is 0.215 e. The summed E-state index contributed by atoms with van der Waals surface area (Å²) in [6.07, 6.45) is 2.11. The van der Waals surface area contributed by atoms with E-state index in [4.69, 9.17) is 9.72 Å². The molecule has 0 radical (unpaired) electrons. The van der Waals surface area contributed by atoms with Crippen LogP contribution in [0.3, 0.4) is 0 Å². The van der Waals surface area contributed by atoms with Gasteiger partial charge in [-0.1, -0.05) is 60.7 Å². The lowest BCUT2D eigenvalue weighted by atomic mass is 10.0. The largest absolute Gasteiger partial charge is 0.497 e. The topological polar surface area (TPSA) is 51.7 Å². The Morgan fingerprint density at radius 3 is 2.06 bits per heavy atom. The Kier molecular flexibility index (Phi) is 5.02. The molecule has 5 nitrogen and oxygen atoms in total. The van der Waals surface area contributed by atoms with E-state index in [9.17, 15) is 5.11 Å². The molecule has 0 amide bonds. The van der Waals surface area contributed by atoms with Gasteiger partial charge in [0.25, 0.3) is 0 Å². The van der Waals surface area contributed by atoms with Crippen molar-refractivity contribution in [2.75, 3.05) is 13.7 Å². The highest BCUT2D eigenvalue weighted by Gasteiger charge is 2.21. The minimum absolute atomic E-state index is 0.0295. The van der Waals surface area contributed by atoms with E-state index in [0.29, 0.717) is 6.54 Å². The predicted molar refractivity (Wildman–Crippen MR) is 123 cm³/mol. The maximum atomic E-state index is 9.78. The lowest BCUT2D eigenvalue weighted by Gasteiger charge is -2.08. The first-order chi connectivity index (χ1) is 15.3. The van der Waals surface area contributed by atoms with E-state index in [2.05, 4.69) is 39.4 Å². The van der Waals surface area contributed by atoms with Crippen molar-refractivity contribution in [3.05, 3.63) is 91.1 Å². The molecular formula is C26H23N3O2. The van der Waals surface area contributed by atoms with E-state index in [1.54, 1.807) is 7.11 Å². The summed E-state index contributed by atoms with van der Waals surface area (Å²) < 4.78 is 9.51. The molecule has 5 heteroatoms. The summed E-state index contributed by atoms with van der Waals surface area (Å²) in [7, 11) is 1.66. The second-order valence-corrected chi connectivity index (χ2v) is 7.33. The second kappa shape index (κ2) is 8.13. The number of fused-ring (bicyclic) bond motifs is 1. The average molecular weight is 409 g/mol. The summed E-state index contributed by atoms with van der Waals surface area (Å²) in [5.74, 6) is 1.61. The van der Waals surface area contributed by atoms with Crippen LogP contribution in [0.15, 0.2) is 91.1 Å². The van der Waals surface area contributed by atoms with Crippen LogP contribution < -0.4 is 4.74 Å². The maximum absolute atomic E-state index is 9.78. The van der Waals surface area contributed by atoms with Crippen LogP contribution in [-0.4, -0.2) is 32.8 Å². The Hall–Kier alpha value is -3.83. The molecule has 1 N–H and O–H groups in total. The Morgan fingerprint density at radius 1 is 0.806 bits per heavy atom. The quantitative estimate of drug-likeness (QED) is 0.423. The number of hydrogen-bond donors (Lipinski definition) is 1. The van der Waals surface area contributed by atoms with Gasteiger partial charge in [0.15, 0.2) is 0 Å². The molecule has 2 heterocycles. The molecule has 0 spiro atoms. The molecule has 0 aliphatic rings. The van der Waals surface area contributed by atoms with Gasteiger partial charge in [-0.3, -0.25) is 4.40 Å². The molecule has 0 aliphatic heterocycles. The molecule has 31 heavy (non-hydrogen) atoms. The van der Waals surface area contributed by atoms with Crippen LogP contribution in [-0.2, 0) is 6.54 Å². The molecule has 0 bridgehead atoms. The van der Waals surface area contributed by atoms with Crippen LogP contribution in [0.4, 0.5) is 0 Å². The smallest absolute Gasteiger partial charge is 0.215 e. The van der Waals surface area contributed by atoms with Crippen LogP contribution in [0, 0.1) is 0 Å². The van der Waals surface area contributed by atoms with E-state index in [1.165, 1.54) is 0 Å². The van der Waals surface area contributed by atoms with Gasteiger partial charge in [0.05, 0.1) is 30.8 Å². The van der Waals surface area contributed by atoms with Crippen LogP contribution in [0.1, 0.15) is 0 Å². The fraction of sp³-hybridized carbons (Fsp3) is 0.115. The molecule has 3 aromatic carbocycles. The van der Waals surface area contributed by atoms with Gasteiger partial charge in [-0.2, -0.15) is 0 Å². The Bertz CT molecular complexity index is 1300. The summed E-state index contributed by atoms with van der Waals surface area (Å²) in [6.45, 7) is 0.485. The highest BCUT2D eigenvalue weighted by atomic mass is 16.5. The van der Waals surface area contributed by atoms with Crippen molar-refractivity contribution >= 4 is 5.78 Å². The fourth-order valence-electron chi connectivity index (χ4n) is 4.02. The molecule has 0 saturated carbocycles. The first-order valence-corrected chi connectivity index (χ1v) is 10.3. The summed E-state index contributed by atoms with van der Waals surface area (Å²) in [6, 6.07) is 28.5. The third-order valence-electron chi connectivity index (χ3n) is 5.48. The van der Waals surface area contributed by atoms with Crippen LogP contribution in [0.2, 0.25) is 0 Å². The van der Waals surface area contributed by atoms with E-state index in [0.717, 1.165) is 45.3 Å². The highest BCUT2D eigenvalue weighted by Crippen LogP contribution is 2.35. The first-order valence-electron chi connectivity index (χ1n) is 10.3. The van der Waals surface area contributed by atoms with Gasteiger partial charge < -0.3 is 14.4 Å². The summed E-state index contributed by atoms with van der Waals surface area (Å²) in [5, 5.41) is 9.78. The standard InChI is InChI=1S/C26H23N3O2/c1-31-22-14-12-19(13-15-22)23-18-29-25(21-10-6-3-7-11-21)24(20-8-4-2-5-9-20)27-26(29)28(23)16-17-30/h2-15,18,30H,16-17H2,1H3. The molecule has 0 unspecified atom stereocenters. The Balaban J connectivity index is 1.78. The Morgan fingerprint density at radius 2 is 1.45 bits per heavy atom. The van der Waals surface area contributed by atoms with E-state index < -0.39 is 0 Å². The number of nitrogens with zero attached hydrogens (tertiary/aromatic N) is 3. The third-order valence-corrected chi connectivity index (χ3v) is 5.48. The number of ether oxygens (including phenoxy) is 1. The van der Waals surface area contributed by atoms with Crippen molar-refractivity contribution in [2.24, 2.45) is 0 Å². The van der Waals surface area contributed by atoms with Gasteiger partial charge in [0.1, 0.15) is 5.75 Å².